The van der Waals surface area contributed by atoms with Gasteiger partial charge in [-0.05, 0) is 60.1 Å². The fourth-order valence-corrected chi connectivity index (χ4v) is 1.43. The highest BCUT2D eigenvalue weighted by Gasteiger charge is 1.90. The molecule has 0 saturated heterocycles. The molecule has 0 unspecified atom stereocenters. The van der Waals surface area contributed by atoms with Crippen LogP contribution in [0, 0.1) is 3.57 Å². The molecule has 0 spiro atoms. The number of aryl methyl sites for hydroxylation is 1. The maximum absolute atomic E-state index is 2.33. The van der Waals surface area contributed by atoms with Gasteiger partial charge in [0, 0.05) is 3.57 Å². The van der Waals surface area contributed by atoms with E-state index in [2.05, 4.69) is 65.9 Å². The second kappa shape index (κ2) is 5.36. The van der Waals surface area contributed by atoms with Crippen molar-refractivity contribution in [2.24, 2.45) is 0 Å². The van der Waals surface area contributed by atoms with Gasteiger partial charge in [0.05, 0.1) is 0 Å². The fraction of sp³-hybridized carbons (Fsp3) is 0.273. The molecule has 0 radical (unpaired) electrons. The minimum atomic E-state index is 1.15. The Morgan fingerprint density at radius 3 is 2.50 bits per heavy atom. The summed E-state index contributed by atoms with van der Waals surface area (Å²) in [6, 6.07) is 8.72. The van der Waals surface area contributed by atoms with Gasteiger partial charge in [-0.3, -0.25) is 0 Å². The lowest BCUT2D eigenvalue weighted by Crippen LogP contribution is -1.82. The normalized spacial score (nSPS) is 10.8. The topological polar surface area (TPSA) is 0 Å². The summed E-state index contributed by atoms with van der Waals surface area (Å²) in [6.07, 6.45) is 6.61. The fourth-order valence-electron chi connectivity index (χ4n) is 1.07. The third-order valence-electron chi connectivity index (χ3n) is 1.75. The van der Waals surface area contributed by atoms with Crippen molar-refractivity contribution >= 4 is 22.6 Å². The van der Waals surface area contributed by atoms with Crippen molar-refractivity contribution in [3.05, 3.63) is 45.6 Å². The van der Waals surface area contributed by atoms with Crippen molar-refractivity contribution in [2.75, 3.05) is 0 Å². The lowest BCUT2D eigenvalue weighted by atomic mass is 10.1. The van der Waals surface area contributed by atoms with Crippen LogP contribution >= 0.6 is 22.6 Å². The van der Waals surface area contributed by atoms with Crippen LogP contribution in [0.15, 0.2) is 36.4 Å². The SMILES string of the molecule is C/C=C/CCc1ccc(I)cc1. The molecule has 0 N–H and O–H groups in total. The number of hydrogen-bond acceptors (Lipinski definition) is 0. The van der Waals surface area contributed by atoms with Crippen molar-refractivity contribution in [1.82, 2.24) is 0 Å². The maximum atomic E-state index is 2.33. The quantitative estimate of drug-likeness (QED) is 0.580. The van der Waals surface area contributed by atoms with E-state index in [-0.39, 0.29) is 0 Å². The van der Waals surface area contributed by atoms with Gasteiger partial charge >= 0.3 is 0 Å². The second-order valence-electron chi connectivity index (χ2n) is 2.73. The van der Waals surface area contributed by atoms with E-state index in [1.54, 1.807) is 0 Å². The van der Waals surface area contributed by atoms with E-state index < -0.39 is 0 Å². The van der Waals surface area contributed by atoms with Crippen molar-refractivity contribution in [3.63, 3.8) is 0 Å². The predicted molar refractivity (Wildman–Crippen MR) is 62.3 cm³/mol. The van der Waals surface area contributed by atoms with Crippen LogP contribution in [-0.2, 0) is 6.42 Å². The van der Waals surface area contributed by atoms with Gasteiger partial charge in [0.15, 0.2) is 0 Å². The first-order chi connectivity index (χ1) is 5.83. The van der Waals surface area contributed by atoms with Crippen LogP contribution in [0.2, 0.25) is 0 Å². The van der Waals surface area contributed by atoms with E-state index >= 15 is 0 Å². The first kappa shape index (κ1) is 9.78. The third kappa shape index (κ3) is 3.39. The van der Waals surface area contributed by atoms with Gasteiger partial charge in [-0.25, -0.2) is 0 Å². The highest BCUT2D eigenvalue weighted by Crippen LogP contribution is 2.08. The Bertz CT molecular complexity index is 246. The third-order valence-corrected chi connectivity index (χ3v) is 2.47. The van der Waals surface area contributed by atoms with E-state index in [9.17, 15) is 0 Å². The zero-order valence-electron chi connectivity index (χ0n) is 7.26. The van der Waals surface area contributed by atoms with E-state index in [4.69, 9.17) is 0 Å². The van der Waals surface area contributed by atoms with Gasteiger partial charge in [-0.2, -0.15) is 0 Å². The van der Waals surface area contributed by atoms with Gasteiger partial charge < -0.3 is 0 Å². The van der Waals surface area contributed by atoms with Crippen LogP contribution < -0.4 is 0 Å². The van der Waals surface area contributed by atoms with Crippen LogP contribution in [0.25, 0.3) is 0 Å². The first-order valence-corrected chi connectivity index (χ1v) is 5.26. The molecule has 12 heavy (non-hydrogen) atoms. The molecule has 0 saturated carbocycles. The summed E-state index contributed by atoms with van der Waals surface area (Å²) in [5, 5.41) is 0. The van der Waals surface area contributed by atoms with Crippen LogP contribution in [-0.4, -0.2) is 0 Å². The Balaban J connectivity index is 2.47. The number of halogens is 1. The summed E-state index contributed by atoms with van der Waals surface area (Å²) in [5.41, 5.74) is 1.42. The number of hydrogen-bond donors (Lipinski definition) is 0. The van der Waals surface area contributed by atoms with Gasteiger partial charge in [0.1, 0.15) is 0 Å². The largest absolute Gasteiger partial charge is 0.0917 e. The standard InChI is InChI=1S/C11H13I/c1-2-3-4-5-10-6-8-11(12)9-7-10/h2-3,6-9H,4-5H2,1H3/b3-2+. The number of rotatable bonds is 3. The van der Waals surface area contributed by atoms with Crippen molar-refractivity contribution < 1.29 is 0 Å². The van der Waals surface area contributed by atoms with E-state index in [1.807, 2.05) is 0 Å². The zero-order chi connectivity index (χ0) is 8.81. The van der Waals surface area contributed by atoms with Crippen LogP contribution in [0.5, 0.6) is 0 Å². The first-order valence-electron chi connectivity index (χ1n) is 4.18. The molecule has 64 valence electrons. The smallest absolute Gasteiger partial charge is 0.0130 e. The minimum absolute atomic E-state index is 1.15. The van der Waals surface area contributed by atoms with Crippen molar-refractivity contribution in [1.29, 1.82) is 0 Å². The molecule has 0 atom stereocenters. The van der Waals surface area contributed by atoms with Gasteiger partial charge in [-0.1, -0.05) is 24.3 Å². The summed E-state index contributed by atoms with van der Waals surface area (Å²) in [6.45, 7) is 2.06. The van der Waals surface area contributed by atoms with Crippen LogP contribution in [0.4, 0.5) is 0 Å². The molecule has 0 aliphatic rings. The molecule has 1 heteroatoms. The van der Waals surface area contributed by atoms with Crippen LogP contribution in [0.1, 0.15) is 18.9 Å². The summed E-state index contributed by atoms with van der Waals surface area (Å²) in [4.78, 5) is 0. The molecule has 1 rings (SSSR count). The van der Waals surface area contributed by atoms with Crippen molar-refractivity contribution in [3.8, 4) is 0 Å². The number of allylic oxidation sites excluding steroid dienone is 2. The molecule has 0 bridgehead atoms. The summed E-state index contributed by atoms with van der Waals surface area (Å²) in [5.74, 6) is 0. The van der Waals surface area contributed by atoms with E-state index in [0.717, 1.165) is 12.8 Å². The molecule has 0 amide bonds. The Morgan fingerprint density at radius 2 is 1.92 bits per heavy atom. The minimum Gasteiger partial charge on any atom is -0.0917 e. The van der Waals surface area contributed by atoms with Crippen molar-refractivity contribution in [2.45, 2.75) is 19.8 Å². The Kier molecular flexibility index (Phi) is 4.36. The maximum Gasteiger partial charge on any atom is 0.0130 e. The molecular formula is C11H13I. The average molecular weight is 272 g/mol. The lowest BCUT2D eigenvalue weighted by Gasteiger charge is -1.97. The van der Waals surface area contributed by atoms with Gasteiger partial charge in [0.25, 0.3) is 0 Å². The molecule has 0 nitrogen and oxygen atoms in total. The monoisotopic (exact) mass is 272 g/mol. The molecule has 0 aliphatic heterocycles. The summed E-state index contributed by atoms with van der Waals surface area (Å²) < 4.78 is 1.31. The highest BCUT2D eigenvalue weighted by molar-refractivity contribution is 14.1. The molecule has 0 fully saturated rings. The lowest BCUT2D eigenvalue weighted by molar-refractivity contribution is 0.999. The molecule has 0 aromatic heterocycles. The number of benzene rings is 1. The Hall–Kier alpha value is -0.310. The molecule has 1 aromatic rings. The average Bonchev–Trinajstić information content (AvgIpc) is 2.09. The van der Waals surface area contributed by atoms with Crippen LogP contribution in [0.3, 0.4) is 0 Å². The molecule has 0 aliphatic carbocycles. The molecular weight excluding hydrogens is 259 g/mol. The highest BCUT2D eigenvalue weighted by atomic mass is 127. The van der Waals surface area contributed by atoms with Gasteiger partial charge in [0.2, 0.25) is 0 Å². The van der Waals surface area contributed by atoms with E-state index in [1.165, 1.54) is 9.13 Å². The predicted octanol–water partition coefficient (Wildman–Crippen LogP) is 3.80. The summed E-state index contributed by atoms with van der Waals surface area (Å²) >= 11 is 2.33. The Labute approximate surface area is 87.8 Å². The zero-order valence-corrected chi connectivity index (χ0v) is 9.41. The van der Waals surface area contributed by atoms with E-state index in [0.29, 0.717) is 0 Å². The Morgan fingerprint density at radius 1 is 1.25 bits per heavy atom. The second-order valence-corrected chi connectivity index (χ2v) is 3.98. The summed E-state index contributed by atoms with van der Waals surface area (Å²) in [7, 11) is 0. The molecule has 1 aromatic carbocycles. The molecule has 0 heterocycles. The van der Waals surface area contributed by atoms with Gasteiger partial charge in [-0.15, -0.1) is 0 Å².